The fourth-order valence-corrected chi connectivity index (χ4v) is 4.09. The number of amides is 1. The minimum absolute atomic E-state index is 0.00444. The van der Waals surface area contributed by atoms with Gasteiger partial charge in [0.1, 0.15) is 0 Å². The number of ether oxygens (including phenoxy) is 1. The molecule has 1 aliphatic rings. The summed E-state index contributed by atoms with van der Waals surface area (Å²) < 4.78 is 6.09. The summed E-state index contributed by atoms with van der Waals surface area (Å²) >= 11 is 0. The Morgan fingerprint density at radius 3 is 2.63 bits per heavy atom. The standard InChI is InChI=1S/C25H37N3O2/c1-4-16-27(2)17-7-5-6-8-18-30-24-14-12-23(13-15-24)28(3)25(29)22-11-9-10-21(19-22)20-26/h4,9-11,19,23-24H,1,5-8,12-18H2,2-3H3/t23-,24-. The molecule has 1 aromatic rings. The lowest BCUT2D eigenvalue weighted by atomic mass is 9.91. The first-order valence-electron chi connectivity index (χ1n) is 11.2. The summed E-state index contributed by atoms with van der Waals surface area (Å²) in [6.45, 7) is 6.70. The highest BCUT2D eigenvalue weighted by Crippen LogP contribution is 2.26. The molecular weight excluding hydrogens is 374 g/mol. The SMILES string of the molecule is C=CCN(C)CCCCCCO[C@H]1CC[C@H](N(C)C(=O)c2cccc(C#N)c2)CC1. The molecule has 1 amide bonds. The Kier molecular flexibility index (Phi) is 10.6. The molecule has 5 heteroatoms. The van der Waals surface area contributed by atoms with E-state index in [1.807, 2.05) is 18.0 Å². The number of carbonyl (C=O) groups excluding carboxylic acids is 1. The van der Waals surface area contributed by atoms with Crippen molar-refractivity contribution < 1.29 is 9.53 Å². The summed E-state index contributed by atoms with van der Waals surface area (Å²) in [4.78, 5) is 16.9. The highest BCUT2D eigenvalue weighted by molar-refractivity contribution is 5.94. The van der Waals surface area contributed by atoms with Gasteiger partial charge in [-0.05, 0) is 70.3 Å². The number of unbranched alkanes of at least 4 members (excludes halogenated alkanes) is 3. The molecule has 30 heavy (non-hydrogen) atoms. The van der Waals surface area contributed by atoms with Gasteiger partial charge in [-0.1, -0.05) is 25.0 Å². The van der Waals surface area contributed by atoms with Gasteiger partial charge in [0.25, 0.3) is 5.91 Å². The summed E-state index contributed by atoms with van der Waals surface area (Å²) in [7, 11) is 4.01. The second-order valence-corrected chi connectivity index (χ2v) is 8.38. The average molecular weight is 412 g/mol. The van der Waals surface area contributed by atoms with Crippen molar-refractivity contribution in [2.75, 3.05) is 33.8 Å². The van der Waals surface area contributed by atoms with E-state index in [2.05, 4.69) is 24.6 Å². The van der Waals surface area contributed by atoms with Gasteiger partial charge in [0.05, 0.1) is 17.7 Å². The lowest BCUT2D eigenvalue weighted by Crippen LogP contribution is -2.40. The zero-order valence-corrected chi connectivity index (χ0v) is 18.7. The van der Waals surface area contributed by atoms with Gasteiger partial charge in [-0.15, -0.1) is 6.58 Å². The van der Waals surface area contributed by atoms with Crippen LogP contribution in [-0.2, 0) is 4.74 Å². The van der Waals surface area contributed by atoms with E-state index in [9.17, 15) is 4.79 Å². The van der Waals surface area contributed by atoms with Gasteiger partial charge in [0, 0.05) is 31.8 Å². The van der Waals surface area contributed by atoms with E-state index in [0.29, 0.717) is 17.2 Å². The van der Waals surface area contributed by atoms with Crippen LogP contribution in [0.3, 0.4) is 0 Å². The highest BCUT2D eigenvalue weighted by atomic mass is 16.5. The predicted molar refractivity (Wildman–Crippen MR) is 121 cm³/mol. The topological polar surface area (TPSA) is 56.6 Å². The van der Waals surface area contributed by atoms with E-state index in [-0.39, 0.29) is 11.9 Å². The lowest BCUT2D eigenvalue weighted by molar-refractivity contribution is 0.00908. The van der Waals surface area contributed by atoms with E-state index in [0.717, 1.165) is 51.8 Å². The number of carbonyl (C=O) groups is 1. The van der Waals surface area contributed by atoms with Crippen LogP contribution in [-0.4, -0.2) is 61.6 Å². The van der Waals surface area contributed by atoms with Crippen molar-refractivity contribution in [1.29, 1.82) is 5.26 Å². The minimum Gasteiger partial charge on any atom is -0.378 e. The molecule has 1 fully saturated rings. The van der Waals surface area contributed by atoms with Gasteiger partial charge in [0.2, 0.25) is 0 Å². The van der Waals surface area contributed by atoms with Crippen molar-refractivity contribution in [3.05, 3.63) is 48.0 Å². The number of nitrogens with zero attached hydrogens (tertiary/aromatic N) is 3. The number of hydrogen-bond acceptors (Lipinski definition) is 4. The molecule has 0 aliphatic heterocycles. The Hall–Kier alpha value is -2.16. The van der Waals surface area contributed by atoms with Gasteiger partial charge in [-0.25, -0.2) is 0 Å². The van der Waals surface area contributed by atoms with Crippen molar-refractivity contribution in [3.63, 3.8) is 0 Å². The van der Waals surface area contributed by atoms with Crippen LogP contribution < -0.4 is 0 Å². The fraction of sp³-hybridized carbons (Fsp3) is 0.600. The van der Waals surface area contributed by atoms with Crippen molar-refractivity contribution in [2.45, 2.75) is 63.5 Å². The Balaban J connectivity index is 1.61. The predicted octanol–water partition coefficient (Wildman–Crippen LogP) is 4.64. The van der Waals surface area contributed by atoms with Crippen molar-refractivity contribution in [3.8, 4) is 6.07 Å². The molecule has 0 N–H and O–H groups in total. The number of benzene rings is 1. The van der Waals surface area contributed by atoms with E-state index >= 15 is 0 Å². The molecule has 1 saturated carbocycles. The Labute approximate surface area is 182 Å². The molecule has 0 aromatic heterocycles. The molecule has 0 spiro atoms. The quantitative estimate of drug-likeness (QED) is 0.371. The minimum atomic E-state index is -0.00444. The molecular formula is C25H37N3O2. The summed E-state index contributed by atoms with van der Waals surface area (Å²) in [5, 5.41) is 9.04. The molecule has 0 unspecified atom stereocenters. The molecule has 164 valence electrons. The van der Waals surface area contributed by atoms with Crippen LogP contribution in [0.2, 0.25) is 0 Å². The zero-order valence-electron chi connectivity index (χ0n) is 18.7. The number of hydrogen-bond donors (Lipinski definition) is 0. The summed E-state index contributed by atoms with van der Waals surface area (Å²) in [6, 6.07) is 9.29. The van der Waals surface area contributed by atoms with E-state index in [1.165, 1.54) is 19.3 Å². The molecule has 1 aromatic carbocycles. The van der Waals surface area contributed by atoms with Gasteiger partial charge < -0.3 is 14.5 Å². The van der Waals surface area contributed by atoms with E-state index < -0.39 is 0 Å². The molecule has 0 radical (unpaired) electrons. The third kappa shape index (κ3) is 7.93. The maximum Gasteiger partial charge on any atom is 0.253 e. The summed E-state index contributed by atoms with van der Waals surface area (Å²) in [6.07, 6.45) is 11.0. The molecule has 0 heterocycles. The molecule has 0 saturated heterocycles. The third-order valence-electron chi connectivity index (χ3n) is 5.98. The van der Waals surface area contributed by atoms with Crippen molar-refractivity contribution >= 4 is 5.91 Å². The number of nitriles is 1. The van der Waals surface area contributed by atoms with Crippen LogP contribution in [0, 0.1) is 11.3 Å². The Bertz CT molecular complexity index is 705. The van der Waals surface area contributed by atoms with Crippen molar-refractivity contribution in [1.82, 2.24) is 9.80 Å². The summed E-state index contributed by atoms with van der Waals surface area (Å²) in [5.74, 6) is -0.00444. The maximum atomic E-state index is 12.7. The molecule has 2 rings (SSSR count). The second kappa shape index (κ2) is 13.2. The van der Waals surface area contributed by atoms with Gasteiger partial charge in [0.15, 0.2) is 0 Å². The highest BCUT2D eigenvalue weighted by Gasteiger charge is 2.27. The van der Waals surface area contributed by atoms with E-state index in [4.69, 9.17) is 10.00 Å². The number of likely N-dealkylation sites (N-methyl/N-ethyl adjacent to an activating group) is 1. The molecule has 0 bridgehead atoms. The van der Waals surface area contributed by atoms with Crippen LogP contribution in [0.1, 0.15) is 67.3 Å². The monoisotopic (exact) mass is 411 g/mol. The van der Waals surface area contributed by atoms with E-state index in [1.54, 1.807) is 24.3 Å². The maximum absolute atomic E-state index is 12.7. The van der Waals surface area contributed by atoms with Crippen LogP contribution >= 0.6 is 0 Å². The first-order valence-corrected chi connectivity index (χ1v) is 11.2. The smallest absolute Gasteiger partial charge is 0.253 e. The lowest BCUT2D eigenvalue weighted by Gasteiger charge is -2.34. The summed E-state index contributed by atoms with van der Waals surface area (Å²) in [5.41, 5.74) is 1.11. The molecule has 0 atom stereocenters. The van der Waals surface area contributed by atoms with Gasteiger partial charge in [-0.2, -0.15) is 5.26 Å². The number of rotatable bonds is 12. The first kappa shape index (κ1) is 24.1. The normalized spacial score (nSPS) is 18.7. The van der Waals surface area contributed by atoms with Crippen LogP contribution in [0.5, 0.6) is 0 Å². The second-order valence-electron chi connectivity index (χ2n) is 8.38. The van der Waals surface area contributed by atoms with Crippen LogP contribution in [0.4, 0.5) is 0 Å². The average Bonchev–Trinajstić information content (AvgIpc) is 2.78. The first-order chi connectivity index (χ1) is 14.5. The Morgan fingerprint density at radius 1 is 1.20 bits per heavy atom. The largest absolute Gasteiger partial charge is 0.378 e. The molecule has 1 aliphatic carbocycles. The van der Waals surface area contributed by atoms with Crippen molar-refractivity contribution in [2.24, 2.45) is 0 Å². The third-order valence-corrected chi connectivity index (χ3v) is 5.98. The molecule has 5 nitrogen and oxygen atoms in total. The van der Waals surface area contributed by atoms with Crippen LogP contribution in [0.15, 0.2) is 36.9 Å². The van der Waals surface area contributed by atoms with Crippen LogP contribution in [0.25, 0.3) is 0 Å². The van der Waals surface area contributed by atoms with Gasteiger partial charge >= 0.3 is 0 Å². The van der Waals surface area contributed by atoms with Gasteiger partial charge in [-0.3, -0.25) is 4.79 Å². The Morgan fingerprint density at radius 2 is 1.93 bits per heavy atom. The zero-order chi connectivity index (χ0) is 21.8. The fourth-order valence-electron chi connectivity index (χ4n) is 4.09.